The Bertz CT molecular complexity index is 444. The van der Waals surface area contributed by atoms with Crippen LogP contribution >= 0.6 is 0 Å². The molecule has 0 aliphatic carbocycles. The summed E-state index contributed by atoms with van der Waals surface area (Å²) < 4.78 is 0. The van der Waals surface area contributed by atoms with Gasteiger partial charge in [-0.1, -0.05) is 13.8 Å². The summed E-state index contributed by atoms with van der Waals surface area (Å²) >= 11 is 0. The first-order chi connectivity index (χ1) is 8.87. The van der Waals surface area contributed by atoms with E-state index in [1.165, 1.54) is 5.94 Å². The fourth-order valence-electron chi connectivity index (χ4n) is 1.23. The molecule has 0 fully saturated rings. The lowest BCUT2D eigenvalue weighted by atomic mass is 10.2. The minimum atomic E-state index is -1.09. The van der Waals surface area contributed by atoms with Crippen LogP contribution in [0, 0.1) is 5.92 Å². The first-order valence-electron chi connectivity index (χ1n) is 5.22. The number of aliphatic hydroxyl groups is 3. The molecule has 0 heterocycles. The second-order valence-corrected chi connectivity index (χ2v) is 3.96. The van der Waals surface area contributed by atoms with Crippen molar-refractivity contribution in [1.29, 1.82) is 0 Å². The van der Waals surface area contributed by atoms with Crippen LogP contribution < -0.4 is 0 Å². The van der Waals surface area contributed by atoms with Crippen LogP contribution in [0.3, 0.4) is 0 Å². The van der Waals surface area contributed by atoms with Crippen LogP contribution in [0.5, 0.6) is 0 Å². The van der Waals surface area contributed by atoms with E-state index in [2.05, 4.69) is 0 Å². The first kappa shape index (κ1) is 16.4. The van der Waals surface area contributed by atoms with Crippen molar-refractivity contribution >= 4 is 17.8 Å². The van der Waals surface area contributed by atoms with E-state index in [0.29, 0.717) is 4.90 Å². The van der Waals surface area contributed by atoms with E-state index in [4.69, 9.17) is 0 Å². The molecule has 0 atom stereocenters. The molecule has 0 aliphatic heterocycles. The highest BCUT2D eigenvalue weighted by molar-refractivity contribution is 5.54. The van der Waals surface area contributed by atoms with Gasteiger partial charge in [-0.25, -0.2) is 19.3 Å². The third-order valence-corrected chi connectivity index (χ3v) is 1.98. The smallest absolute Gasteiger partial charge is 0.284 e. The Morgan fingerprint density at radius 3 is 1.68 bits per heavy atom. The SMILES string of the molecule is CC(C)CN(CN(C(O)=C=O)C(O)=C=O)C(O)=C=O. The quantitative estimate of drug-likeness (QED) is 0.333. The molecule has 0 amide bonds. The summed E-state index contributed by atoms with van der Waals surface area (Å²) in [5.74, 6) is 0.396. The van der Waals surface area contributed by atoms with Crippen molar-refractivity contribution in [1.82, 2.24) is 9.80 Å². The molecule has 8 heteroatoms. The van der Waals surface area contributed by atoms with Crippen molar-refractivity contribution in [3.05, 3.63) is 17.6 Å². The van der Waals surface area contributed by atoms with Crippen LogP contribution in [-0.2, 0) is 14.4 Å². The molecular weight excluding hydrogens is 256 g/mol. The van der Waals surface area contributed by atoms with Gasteiger partial charge in [0.15, 0.2) is 17.8 Å². The molecule has 0 rings (SSSR count). The third-order valence-electron chi connectivity index (χ3n) is 1.98. The number of hydrogen-bond acceptors (Lipinski definition) is 8. The fourth-order valence-corrected chi connectivity index (χ4v) is 1.23. The lowest BCUT2D eigenvalue weighted by molar-refractivity contribution is 0.0814. The van der Waals surface area contributed by atoms with Gasteiger partial charge in [0.25, 0.3) is 17.6 Å². The summed E-state index contributed by atoms with van der Waals surface area (Å²) in [6.45, 7) is 3.18. The minimum Gasteiger partial charge on any atom is -0.487 e. The van der Waals surface area contributed by atoms with Crippen LogP contribution in [0.4, 0.5) is 0 Å². The summed E-state index contributed by atoms with van der Waals surface area (Å²) in [5, 5.41) is 27.7. The van der Waals surface area contributed by atoms with Crippen LogP contribution in [0.25, 0.3) is 0 Å². The van der Waals surface area contributed by atoms with Gasteiger partial charge in [-0.2, -0.15) is 0 Å². The van der Waals surface area contributed by atoms with Gasteiger partial charge in [-0.3, -0.25) is 0 Å². The normalized spacial score (nSPS) is 9.00. The average molecular weight is 270 g/mol. The summed E-state index contributed by atoms with van der Waals surface area (Å²) in [6.07, 6.45) is 0. The van der Waals surface area contributed by atoms with E-state index in [1.807, 2.05) is 0 Å². The number of nitrogens with zero attached hydrogens (tertiary/aromatic N) is 2. The van der Waals surface area contributed by atoms with Gasteiger partial charge < -0.3 is 20.2 Å². The van der Waals surface area contributed by atoms with Crippen molar-refractivity contribution in [3.63, 3.8) is 0 Å². The Balaban J connectivity index is 5.31. The van der Waals surface area contributed by atoms with E-state index in [0.717, 1.165) is 16.8 Å². The van der Waals surface area contributed by atoms with Gasteiger partial charge in [0.05, 0.1) is 0 Å². The van der Waals surface area contributed by atoms with E-state index >= 15 is 0 Å². The van der Waals surface area contributed by atoms with Crippen molar-refractivity contribution < 1.29 is 29.7 Å². The van der Waals surface area contributed by atoms with Gasteiger partial charge in [0, 0.05) is 6.54 Å². The maximum Gasteiger partial charge on any atom is 0.284 e. The molecule has 0 aromatic heterocycles. The zero-order chi connectivity index (χ0) is 15.0. The van der Waals surface area contributed by atoms with E-state index in [1.54, 1.807) is 13.8 Å². The molecule has 0 bridgehead atoms. The lowest BCUT2D eigenvalue weighted by Crippen LogP contribution is -2.39. The zero-order valence-electron chi connectivity index (χ0n) is 10.5. The van der Waals surface area contributed by atoms with E-state index in [-0.39, 0.29) is 12.5 Å². The number of aliphatic hydroxyl groups excluding tert-OH is 3. The Morgan fingerprint density at radius 1 is 0.947 bits per heavy atom. The van der Waals surface area contributed by atoms with Gasteiger partial charge in [0.2, 0.25) is 0 Å². The van der Waals surface area contributed by atoms with Gasteiger partial charge in [-0.15, -0.1) is 0 Å². The molecule has 0 radical (unpaired) electrons. The van der Waals surface area contributed by atoms with Crippen molar-refractivity contribution in [2.24, 2.45) is 5.92 Å². The standard InChI is InChI=1S/C11H14N2O6/c1-8(2)3-12(9(17)4-14)7-13(10(18)5-15)11(19)6-16/h8,17-19H,3,7H2,1-2H3. The molecule has 0 saturated heterocycles. The molecule has 0 saturated carbocycles. The summed E-state index contributed by atoms with van der Waals surface area (Å²) in [7, 11) is 0. The lowest BCUT2D eigenvalue weighted by Gasteiger charge is -2.28. The number of rotatable bonds is 7. The summed E-state index contributed by atoms with van der Waals surface area (Å²) in [4.78, 5) is 32.5. The van der Waals surface area contributed by atoms with Crippen molar-refractivity contribution in [3.8, 4) is 0 Å². The predicted molar refractivity (Wildman–Crippen MR) is 63.8 cm³/mol. The molecule has 0 aromatic carbocycles. The number of hydrogen-bond donors (Lipinski definition) is 3. The largest absolute Gasteiger partial charge is 0.487 e. The van der Waals surface area contributed by atoms with Crippen LogP contribution in [-0.4, -0.2) is 56.2 Å². The highest BCUT2D eigenvalue weighted by Gasteiger charge is 2.21. The van der Waals surface area contributed by atoms with Crippen molar-refractivity contribution in [2.75, 3.05) is 13.2 Å². The second kappa shape index (κ2) is 7.63. The highest BCUT2D eigenvalue weighted by atomic mass is 16.3. The molecule has 8 nitrogen and oxygen atoms in total. The van der Waals surface area contributed by atoms with Crippen LogP contribution in [0.1, 0.15) is 13.8 Å². The van der Waals surface area contributed by atoms with Gasteiger partial charge in [0.1, 0.15) is 6.67 Å². The highest BCUT2D eigenvalue weighted by Crippen LogP contribution is 2.10. The van der Waals surface area contributed by atoms with E-state index < -0.39 is 24.3 Å². The fraction of sp³-hybridized carbons (Fsp3) is 0.455. The van der Waals surface area contributed by atoms with E-state index in [9.17, 15) is 29.7 Å². The molecule has 0 unspecified atom stereocenters. The molecule has 104 valence electrons. The Labute approximate surface area is 109 Å². The Kier molecular flexibility index (Phi) is 6.57. The molecule has 0 aromatic rings. The molecule has 3 N–H and O–H groups in total. The van der Waals surface area contributed by atoms with Crippen LogP contribution in [0.2, 0.25) is 0 Å². The number of carbonyl (C=O) groups excluding carboxylic acids is 3. The van der Waals surface area contributed by atoms with Gasteiger partial charge in [-0.05, 0) is 5.92 Å². The average Bonchev–Trinajstić information content (AvgIpc) is 2.40. The summed E-state index contributed by atoms with van der Waals surface area (Å²) in [5.41, 5.74) is 0. The monoisotopic (exact) mass is 270 g/mol. The third kappa shape index (κ3) is 5.02. The summed E-state index contributed by atoms with van der Waals surface area (Å²) in [6, 6.07) is 0. The maximum atomic E-state index is 10.4. The van der Waals surface area contributed by atoms with Crippen LogP contribution in [0.15, 0.2) is 17.6 Å². The minimum absolute atomic E-state index is 0.00190. The van der Waals surface area contributed by atoms with Gasteiger partial charge >= 0.3 is 0 Å². The first-order valence-corrected chi connectivity index (χ1v) is 5.22. The Morgan fingerprint density at radius 2 is 1.37 bits per heavy atom. The predicted octanol–water partition coefficient (Wildman–Crippen LogP) is -0.103. The van der Waals surface area contributed by atoms with Crippen molar-refractivity contribution in [2.45, 2.75) is 13.8 Å². The maximum absolute atomic E-state index is 10.4. The molecule has 0 aliphatic rings. The second-order valence-electron chi connectivity index (χ2n) is 3.96. The molecular formula is C11H14N2O6. The molecule has 19 heavy (non-hydrogen) atoms. The zero-order valence-corrected chi connectivity index (χ0v) is 10.5. The topological polar surface area (TPSA) is 118 Å². The Hall–Kier alpha value is -2.65. The molecule has 0 spiro atoms.